The van der Waals surface area contributed by atoms with Gasteiger partial charge in [0.2, 0.25) is 0 Å². The van der Waals surface area contributed by atoms with Crippen LogP contribution in [0, 0.1) is 0 Å². The van der Waals surface area contributed by atoms with Crippen LogP contribution in [0.5, 0.6) is 11.5 Å². The van der Waals surface area contributed by atoms with Crippen LogP contribution >= 0.6 is 0 Å². The summed E-state index contributed by atoms with van der Waals surface area (Å²) >= 11 is 0. The molecule has 1 unspecified atom stereocenters. The van der Waals surface area contributed by atoms with Gasteiger partial charge < -0.3 is 24.8 Å². The van der Waals surface area contributed by atoms with Crippen LogP contribution in [0.1, 0.15) is 27.5 Å². The lowest BCUT2D eigenvalue weighted by Gasteiger charge is -2.26. The molecular weight excluding hydrogens is 332 g/mol. The van der Waals surface area contributed by atoms with E-state index in [0.717, 1.165) is 17.7 Å². The lowest BCUT2D eigenvalue weighted by atomic mass is 10.0. The lowest BCUT2D eigenvalue weighted by molar-refractivity contribution is 0.0697. The third kappa shape index (κ3) is 4.97. The molecule has 0 heterocycles. The van der Waals surface area contributed by atoms with Crippen LogP contribution in [-0.4, -0.2) is 50.8 Å². The number of carboxylic acid groups (broad SMARTS) is 1. The summed E-state index contributed by atoms with van der Waals surface area (Å²) in [4.78, 5) is 13.0. The molecule has 2 aromatic rings. The van der Waals surface area contributed by atoms with Crippen LogP contribution < -0.4 is 14.8 Å². The summed E-state index contributed by atoms with van der Waals surface area (Å²) in [7, 11) is 7.32. The topological polar surface area (TPSA) is 71.0 Å². The number of hydrogen-bond donors (Lipinski definition) is 2. The molecule has 0 saturated heterocycles. The summed E-state index contributed by atoms with van der Waals surface area (Å²) in [5.41, 5.74) is 2.46. The predicted molar refractivity (Wildman–Crippen MR) is 101 cm³/mol. The molecule has 0 radical (unpaired) electrons. The molecule has 0 aromatic heterocycles. The number of methoxy groups -OCH3 is 2. The van der Waals surface area contributed by atoms with Gasteiger partial charge in [0.05, 0.1) is 19.8 Å². The van der Waals surface area contributed by atoms with Gasteiger partial charge in [0.15, 0.2) is 11.5 Å². The zero-order chi connectivity index (χ0) is 19.1. The Hall–Kier alpha value is -2.57. The number of benzene rings is 2. The molecule has 2 aromatic carbocycles. The van der Waals surface area contributed by atoms with Gasteiger partial charge in [0.1, 0.15) is 0 Å². The number of ether oxygens (including phenoxy) is 2. The van der Waals surface area contributed by atoms with Gasteiger partial charge in [-0.2, -0.15) is 0 Å². The molecular formula is C20H26N2O4. The average Bonchev–Trinajstić information content (AvgIpc) is 2.64. The van der Waals surface area contributed by atoms with Gasteiger partial charge >= 0.3 is 5.97 Å². The summed E-state index contributed by atoms with van der Waals surface area (Å²) < 4.78 is 10.7. The standard InChI is InChI=1S/C20H26N2O4/c1-22(2)17(16-9-10-18(25-3)19(11-16)26-4)13-21-12-14-5-7-15(8-6-14)20(23)24/h5-11,17,21H,12-13H2,1-4H3,(H,23,24). The minimum atomic E-state index is -0.911. The first kappa shape index (κ1) is 19.8. The molecule has 6 heteroatoms. The van der Waals surface area contributed by atoms with Crippen LogP contribution in [0.25, 0.3) is 0 Å². The quantitative estimate of drug-likeness (QED) is 0.718. The van der Waals surface area contributed by atoms with E-state index in [1.807, 2.05) is 44.4 Å². The Morgan fingerprint density at radius 1 is 1.08 bits per heavy atom. The number of carbonyl (C=O) groups is 1. The van der Waals surface area contributed by atoms with Crippen molar-refractivity contribution in [1.29, 1.82) is 0 Å². The smallest absolute Gasteiger partial charge is 0.335 e. The van der Waals surface area contributed by atoms with E-state index in [1.165, 1.54) is 0 Å². The van der Waals surface area contributed by atoms with Gasteiger partial charge in [-0.15, -0.1) is 0 Å². The van der Waals surface area contributed by atoms with Crippen molar-refractivity contribution in [3.05, 3.63) is 59.2 Å². The number of aromatic carboxylic acids is 1. The SMILES string of the molecule is COc1ccc(C(CNCc2ccc(C(=O)O)cc2)N(C)C)cc1OC. The van der Waals surface area contributed by atoms with Gasteiger partial charge in [0, 0.05) is 19.1 Å². The highest BCUT2D eigenvalue weighted by Crippen LogP contribution is 2.31. The second kappa shape index (κ2) is 9.22. The fourth-order valence-electron chi connectivity index (χ4n) is 2.78. The van der Waals surface area contributed by atoms with E-state index < -0.39 is 5.97 Å². The first-order chi connectivity index (χ1) is 12.5. The highest BCUT2D eigenvalue weighted by atomic mass is 16.5. The van der Waals surface area contributed by atoms with Crippen molar-refractivity contribution < 1.29 is 19.4 Å². The highest BCUT2D eigenvalue weighted by Gasteiger charge is 2.16. The molecule has 0 saturated carbocycles. The molecule has 1 atom stereocenters. The maximum absolute atomic E-state index is 10.9. The summed E-state index contributed by atoms with van der Waals surface area (Å²) in [6, 6.07) is 13.0. The summed E-state index contributed by atoms with van der Waals surface area (Å²) in [6.07, 6.45) is 0. The Balaban J connectivity index is 2.03. The third-order valence-electron chi connectivity index (χ3n) is 4.28. The van der Waals surface area contributed by atoms with E-state index in [0.29, 0.717) is 23.6 Å². The second-order valence-electron chi connectivity index (χ2n) is 6.23. The molecule has 0 aliphatic carbocycles. The largest absolute Gasteiger partial charge is 0.493 e. The molecule has 0 amide bonds. The summed E-state index contributed by atoms with van der Waals surface area (Å²) in [5.74, 6) is 0.506. The molecule has 140 valence electrons. The van der Waals surface area contributed by atoms with Gasteiger partial charge in [-0.05, 0) is 49.5 Å². The van der Waals surface area contributed by atoms with Crippen molar-refractivity contribution in [3.63, 3.8) is 0 Å². The molecule has 0 aliphatic rings. The van der Waals surface area contributed by atoms with Crippen LogP contribution in [0.3, 0.4) is 0 Å². The first-order valence-electron chi connectivity index (χ1n) is 8.37. The minimum absolute atomic E-state index is 0.160. The van der Waals surface area contributed by atoms with E-state index in [2.05, 4.69) is 10.2 Å². The van der Waals surface area contributed by atoms with Gasteiger partial charge in [-0.1, -0.05) is 18.2 Å². The number of nitrogens with one attached hydrogen (secondary N) is 1. The van der Waals surface area contributed by atoms with Crippen LogP contribution in [-0.2, 0) is 6.54 Å². The maximum Gasteiger partial charge on any atom is 0.335 e. The summed E-state index contributed by atoms with van der Waals surface area (Å²) in [6.45, 7) is 1.40. The van der Waals surface area contributed by atoms with Gasteiger partial charge in [-0.3, -0.25) is 0 Å². The summed E-state index contributed by atoms with van der Waals surface area (Å²) in [5, 5.41) is 12.4. The van der Waals surface area contributed by atoms with Crippen LogP contribution in [0.4, 0.5) is 0 Å². The number of nitrogens with zero attached hydrogens (tertiary/aromatic N) is 1. The number of carboxylic acids is 1. The van der Waals surface area contributed by atoms with Crippen molar-refractivity contribution in [2.45, 2.75) is 12.6 Å². The Morgan fingerprint density at radius 2 is 1.73 bits per heavy atom. The molecule has 0 bridgehead atoms. The van der Waals surface area contributed by atoms with E-state index in [4.69, 9.17) is 14.6 Å². The minimum Gasteiger partial charge on any atom is -0.493 e. The normalized spacial score (nSPS) is 12.0. The molecule has 26 heavy (non-hydrogen) atoms. The molecule has 0 aliphatic heterocycles. The number of likely N-dealkylation sites (N-methyl/N-ethyl adjacent to an activating group) is 1. The molecule has 2 N–H and O–H groups in total. The Morgan fingerprint density at radius 3 is 2.27 bits per heavy atom. The Kier molecular flexibility index (Phi) is 7.00. The fraction of sp³-hybridized carbons (Fsp3) is 0.350. The maximum atomic E-state index is 10.9. The average molecular weight is 358 g/mol. The highest BCUT2D eigenvalue weighted by molar-refractivity contribution is 5.87. The predicted octanol–water partition coefficient (Wildman–Crippen LogP) is 2.79. The zero-order valence-electron chi connectivity index (χ0n) is 15.7. The fourth-order valence-corrected chi connectivity index (χ4v) is 2.78. The molecule has 0 fully saturated rings. The van der Waals surface area contributed by atoms with E-state index in [9.17, 15) is 4.79 Å². The first-order valence-corrected chi connectivity index (χ1v) is 8.37. The lowest BCUT2D eigenvalue weighted by Crippen LogP contribution is -2.30. The van der Waals surface area contributed by atoms with Crippen molar-refractivity contribution >= 4 is 5.97 Å². The monoisotopic (exact) mass is 358 g/mol. The number of rotatable bonds is 9. The number of hydrogen-bond acceptors (Lipinski definition) is 5. The van der Waals surface area contributed by atoms with Crippen LogP contribution in [0.15, 0.2) is 42.5 Å². The van der Waals surface area contributed by atoms with Crippen LogP contribution in [0.2, 0.25) is 0 Å². The van der Waals surface area contributed by atoms with Crippen molar-refractivity contribution in [2.75, 3.05) is 34.9 Å². The van der Waals surface area contributed by atoms with E-state index in [-0.39, 0.29) is 6.04 Å². The van der Waals surface area contributed by atoms with Crippen molar-refractivity contribution in [2.24, 2.45) is 0 Å². The molecule has 0 spiro atoms. The van der Waals surface area contributed by atoms with E-state index >= 15 is 0 Å². The Labute approximate surface area is 154 Å². The van der Waals surface area contributed by atoms with Gasteiger partial charge in [0.25, 0.3) is 0 Å². The Bertz CT molecular complexity index is 729. The zero-order valence-corrected chi connectivity index (χ0v) is 15.7. The second-order valence-corrected chi connectivity index (χ2v) is 6.23. The van der Waals surface area contributed by atoms with Crippen molar-refractivity contribution in [1.82, 2.24) is 10.2 Å². The molecule has 6 nitrogen and oxygen atoms in total. The van der Waals surface area contributed by atoms with E-state index in [1.54, 1.807) is 26.4 Å². The molecule has 2 rings (SSSR count). The third-order valence-corrected chi connectivity index (χ3v) is 4.28. The van der Waals surface area contributed by atoms with Gasteiger partial charge in [-0.25, -0.2) is 4.79 Å². The van der Waals surface area contributed by atoms with Crippen molar-refractivity contribution in [3.8, 4) is 11.5 Å².